The number of rotatable bonds is 6. The van der Waals surface area contributed by atoms with Gasteiger partial charge < -0.3 is 20.3 Å². The molecule has 1 atom stereocenters. The minimum Gasteiger partial charge on any atom is -0.460 e. The third-order valence-corrected chi connectivity index (χ3v) is 3.75. The second-order valence-electron chi connectivity index (χ2n) is 5.45. The fourth-order valence-electron chi connectivity index (χ4n) is 2.22. The van der Waals surface area contributed by atoms with E-state index < -0.39 is 12.1 Å². The predicted molar refractivity (Wildman–Crippen MR) is 78.9 cm³/mol. The van der Waals surface area contributed by atoms with Crippen LogP contribution in [0, 0.1) is 5.92 Å². The summed E-state index contributed by atoms with van der Waals surface area (Å²) in [5.41, 5.74) is 6.57. The van der Waals surface area contributed by atoms with Gasteiger partial charge in [-0.05, 0) is 30.5 Å². The van der Waals surface area contributed by atoms with Crippen molar-refractivity contribution in [3.63, 3.8) is 0 Å². The fourth-order valence-corrected chi connectivity index (χ4v) is 2.22. The molecule has 0 radical (unpaired) electrons. The Kier molecular flexibility index (Phi) is 5.51. The number of carbonyl (C=O) groups is 2. The van der Waals surface area contributed by atoms with Gasteiger partial charge in [0.2, 0.25) is 0 Å². The van der Waals surface area contributed by atoms with Crippen LogP contribution in [0.5, 0.6) is 5.75 Å². The van der Waals surface area contributed by atoms with Gasteiger partial charge in [0.25, 0.3) is 0 Å². The molecule has 0 heterocycles. The van der Waals surface area contributed by atoms with Gasteiger partial charge in [-0.1, -0.05) is 12.5 Å². The predicted octanol–water partition coefficient (Wildman–Crippen LogP) is 1.45. The largest absolute Gasteiger partial charge is 0.460 e. The third kappa shape index (κ3) is 4.05. The molecule has 1 saturated carbocycles. The lowest BCUT2D eigenvalue weighted by atomic mass is 9.86. The Bertz CT molecular complexity index is 553. The molecule has 0 bridgehead atoms. The third-order valence-electron chi connectivity index (χ3n) is 3.75. The van der Waals surface area contributed by atoms with Gasteiger partial charge >= 0.3 is 11.9 Å². The second-order valence-corrected chi connectivity index (χ2v) is 5.45. The minimum absolute atomic E-state index is 0.00305. The lowest BCUT2D eigenvalue weighted by Crippen LogP contribution is -2.24. The molecule has 3 N–H and O–H groups in total. The Labute approximate surface area is 129 Å². The number of benzene rings is 1. The number of hydrogen-bond donors (Lipinski definition) is 2. The first kappa shape index (κ1) is 16.5. The summed E-state index contributed by atoms with van der Waals surface area (Å²) in [6, 6.07) is 4.85. The van der Waals surface area contributed by atoms with Crippen LogP contribution >= 0.6 is 0 Å². The highest BCUT2D eigenvalue weighted by molar-refractivity contribution is 5.73. The summed E-state index contributed by atoms with van der Waals surface area (Å²) < 4.78 is 10.4. The molecule has 0 spiro atoms. The summed E-state index contributed by atoms with van der Waals surface area (Å²) in [5, 5.41) is 9.80. The zero-order valence-corrected chi connectivity index (χ0v) is 12.6. The summed E-state index contributed by atoms with van der Waals surface area (Å²) in [5.74, 6) is -0.389. The van der Waals surface area contributed by atoms with E-state index in [1.807, 2.05) is 0 Å². The summed E-state index contributed by atoms with van der Waals surface area (Å²) >= 11 is 0. The van der Waals surface area contributed by atoms with Crippen molar-refractivity contribution in [2.75, 3.05) is 6.54 Å². The van der Waals surface area contributed by atoms with Gasteiger partial charge in [-0.3, -0.25) is 9.59 Å². The summed E-state index contributed by atoms with van der Waals surface area (Å²) in [6.45, 7) is 1.38. The van der Waals surface area contributed by atoms with Gasteiger partial charge in [0.05, 0.1) is 12.0 Å². The highest BCUT2D eigenvalue weighted by Gasteiger charge is 2.27. The quantitative estimate of drug-likeness (QED) is 0.609. The number of aliphatic hydroxyl groups excluding tert-OH is 1. The van der Waals surface area contributed by atoms with Gasteiger partial charge in [0.1, 0.15) is 12.4 Å². The number of aliphatic hydroxyl groups is 1. The zero-order valence-electron chi connectivity index (χ0n) is 12.6. The van der Waals surface area contributed by atoms with Gasteiger partial charge in [-0.25, -0.2) is 0 Å². The van der Waals surface area contributed by atoms with Crippen LogP contribution in [0.25, 0.3) is 0 Å². The molecule has 22 heavy (non-hydrogen) atoms. The van der Waals surface area contributed by atoms with E-state index in [2.05, 4.69) is 0 Å². The van der Waals surface area contributed by atoms with Crippen LogP contribution in [0.3, 0.4) is 0 Å². The monoisotopic (exact) mass is 307 g/mol. The van der Waals surface area contributed by atoms with Crippen LogP contribution < -0.4 is 10.5 Å². The van der Waals surface area contributed by atoms with E-state index in [4.69, 9.17) is 15.2 Å². The van der Waals surface area contributed by atoms with Crippen LogP contribution in [0.15, 0.2) is 18.2 Å². The topological polar surface area (TPSA) is 98.8 Å². The van der Waals surface area contributed by atoms with E-state index in [0.717, 1.165) is 19.3 Å². The molecule has 6 nitrogen and oxygen atoms in total. The highest BCUT2D eigenvalue weighted by Crippen LogP contribution is 2.29. The molecular formula is C16H21NO5. The Morgan fingerprint density at radius 3 is 2.68 bits per heavy atom. The van der Waals surface area contributed by atoms with Gasteiger partial charge in [-0.15, -0.1) is 0 Å². The summed E-state index contributed by atoms with van der Waals surface area (Å²) in [4.78, 5) is 23.0. The first-order chi connectivity index (χ1) is 10.5. The summed E-state index contributed by atoms with van der Waals surface area (Å²) in [6.07, 6.45) is 1.97. The molecule has 0 aromatic heterocycles. The van der Waals surface area contributed by atoms with E-state index in [1.54, 1.807) is 18.2 Å². The van der Waals surface area contributed by atoms with Crippen molar-refractivity contribution >= 4 is 11.9 Å². The highest BCUT2D eigenvalue weighted by atomic mass is 16.5. The van der Waals surface area contributed by atoms with Crippen molar-refractivity contribution in [2.45, 2.75) is 38.9 Å². The molecule has 1 aromatic rings. The van der Waals surface area contributed by atoms with Crippen LogP contribution in [0.2, 0.25) is 0 Å². The van der Waals surface area contributed by atoms with Crippen molar-refractivity contribution < 1.29 is 24.2 Å². The molecule has 1 aliphatic rings. The number of esters is 2. The van der Waals surface area contributed by atoms with Crippen molar-refractivity contribution in [3.05, 3.63) is 29.3 Å². The van der Waals surface area contributed by atoms with Crippen LogP contribution in [-0.4, -0.2) is 23.6 Å². The van der Waals surface area contributed by atoms with E-state index >= 15 is 0 Å². The number of hydrogen-bond acceptors (Lipinski definition) is 6. The van der Waals surface area contributed by atoms with Gasteiger partial charge in [0, 0.05) is 19.0 Å². The molecule has 1 unspecified atom stereocenters. The fraction of sp³-hybridized carbons (Fsp3) is 0.500. The van der Waals surface area contributed by atoms with E-state index in [-0.39, 0.29) is 25.0 Å². The standard InChI is InChI=1S/C16H21NO5/c1-10(18)22-15-6-5-12(14(19)8-17)7-13(15)9-21-16(20)11-3-2-4-11/h5-7,11,14,19H,2-4,8-9,17H2,1H3. The lowest BCUT2D eigenvalue weighted by Gasteiger charge is -2.23. The normalized spacial score (nSPS) is 15.8. The van der Waals surface area contributed by atoms with Crippen molar-refractivity contribution in [1.29, 1.82) is 0 Å². The van der Waals surface area contributed by atoms with Crippen LogP contribution in [0.4, 0.5) is 0 Å². The van der Waals surface area contributed by atoms with Crippen LogP contribution in [-0.2, 0) is 20.9 Å². The first-order valence-corrected chi connectivity index (χ1v) is 7.37. The smallest absolute Gasteiger partial charge is 0.309 e. The second kappa shape index (κ2) is 7.38. The van der Waals surface area contributed by atoms with Crippen molar-refractivity contribution in [1.82, 2.24) is 0 Å². The summed E-state index contributed by atoms with van der Waals surface area (Å²) in [7, 11) is 0. The Morgan fingerprint density at radius 2 is 2.14 bits per heavy atom. The van der Waals surface area contributed by atoms with E-state index in [9.17, 15) is 14.7 Å². The maximum absolute atomic E-state index is 11.8. The van der Waals surface area contributed by atoms with Crippen LogP contribution in [0.1, 0.15) is 43.4 Å². The average Bonchev–Trinajstić information content (AvgIpc) is 2.43. The van der Waals surface area contributed by atoms with Gasteiger partial charge in [0.15, 0.2) is 0 Å². The SMILES string of the molecule is CC(=O)Oc1ccc(C(O)CN)cc1COC(=O)C1CCC1. The minimum atomic E-state index is -0.813. The molecule has 6 heteroatoms. The maximum atomic E-state index is 11.8. The maximum Gasteiger partial charge on any atom is 0.309 e. The number of ether oxygens (including phenoxy) is 2. The molecule has 0 amide bonds. The molecule has 1 fully saturated rings. The molecule has 1 aromatic carbocycles. The Balaban J connectivity index is 2.12. The number of nitrogens with two attached hydrogens (primary N) is 1. The van der Waals surface area contributed by atoms with Gasteiger partial charge in [-0.2, -0.15) is 0 Å². The first-order valence-electron chi connectivity index (χ1n) is 7.37. The molecule has 120 valence electrons. The van der Waals surface area contributed by atoms with Crippen molar-refractivity contribution in [2.24, 2.45) is 11.7 Å². The Morgan fingerprint density at radius 1 is 1.41 bits per heavy atom. The molecule has 0 saturated heterocycles. The lowest BCUT2D eigenvalue weighted by molar-refractivity contribution is -0.152. The number of carbonyl (C=O) groups excluding carboxylic acids is 2. The molecule has 2 rings (SSSR count). The van der Waals surface area contributed by atoms with E-state index in [0.29, 0.717) is 16.9 Å². The van der Waals surface area contributed by atoms with Crippen molar-refractivity contribution in [3.8, 4) is 5.75 Å². The molecule has 0 aliphatic heterocycles. The average molecular weight is 307 g/mol. The van der Waals surface area contributed by atoms with E-state index in [1.165, 1.54) is 6.92 Å². The molecule has 1 aliphatic carbocycles. The zero-order chi connectivity index (χ0) is 16.1. The molecular weight excluding hydrogens is 286 g/mol. The Hall–Kier alpha value is -1.92.